The first-order chi connectivity index (χ1) is 12.7. The summed E-state index contributed by atoms with van der Waals surface area (Å²) in [5.74, 6) is 0.883. The summed E-state index contributed by atoms with van der Waals surface area (Å²) < 4.78 is 10.6. The molecule has 0 saturated carbocycles. The van der Waals surface area contributed by atoms with Crippen LogP contribution < -0.4 is 15.0 Å². The minimum absolute atomic E-state index is 0.0603. The number of nitrogens with zero attached hydrogens (tertiary/aromatic N) is 1. The van der Waals surface area contributed by atoms with Gasteiger partial charge < -0.3 is 19.7 Å². The van der Waals surface area contributed by atoms with Crippen LogP contribution in [-0.4, -0.2) is 39.3 Å². The maximum Gasteiger partial charge on any atom is 0.220 e. The monoisotopic (exact) mass is 354 g/mol. The van der Waals surface area contributed by atoms with E-state index in [0.29, 0.717) is 19.4 Å². The highest BCUT2D eigenvalue weighted by Crippen LogP contribution is 2.17. The van der Waals surface area contributed by atoms with Gasteiger partial charge in [-0.15, -0.1) is 0 Å². The van der Waals surface area contributed by atoms with Crippen LogP contribution in [0.25, 0.3) is 0 Å². The van der Waals surface area contributed by atoms with Crippen LogP contribution in [0.4, 0.5) is 5.69 Å². The zero-order valence-electron chi connectivity index (χ0n) is 15.2. The summed E-state index contributed by atoms with van der Waals surface area (Å²) in [5, 5.41) is 2.99. The molecular weight excluding hydrogens is 328 g/mol. The Labute approximate surface area is 154 Å². The number of anilines is 1. The van der Waals surface area contributed by atoms with Crippen molar-refractivity contribution in [2.75, 3.05) is 38.3 Å². The standard InChI is InChI=1S/C21H26N2O3/c1-25-20-4-2-3-17(15-20)7-10-21(24)22-16-18-5-8-19(9-6-18)23-11-13-26-14-12-23/h2-6,8-9,15H,7,10-14,16H2,1H3,(H,22,24). The number of benzene rings is 2. The summed E-state index contributed by atoms with van der Waals surface area (Å²) in [7, 11) is 1.65. The first-order valence-electron chi connectivity index (χ1n) is 9.06. The lowest BCUT2D eigenvalue weighted by Crippen LogP contribution is -2.36. The summed E-state index contributed by atoms with van der Waals surface area (Å²) in [6, 6.07) is 16.2. The lowest BCUT2D eigenvalue weighted by atomic mass is 10.1. The number of rotatable bonds is 7. The smallest absolute Gasteiger partial charge is 0.220 e. The molecule has 1 amide bonds. The van der Waals surface area contributed by atoms with Crippen LogP contribution in [-0.2, 0) is 22.5 Å². The number of hydrogen-bond acceptors (Lipinski definition) is 4. The number of amides is 1. The van der Waals surface area contributed by atoms with E-state index in [1.807, 2.05) is 24.3 Å². The maximum absolute atomic E-state index is 12.1. The van der Waals surface area contributed by atoms with Crippen molar-refractivity contribution in [1.29, 1.82) is 0 Å². The van der Waals surface area contributed by atoms with E-state index in [0.717, 1.165) is 43.2 Å². The van der Waals surface area contributed by atoms with E-state index in [9.17, 15) is 4.79 Å². The summed E-state index contributed by atoms with van der Waals surface area (Å²) in [5.41, 5.74) is 3.42. The van der Waals surface area contributed by atoms with Crippen LogP contribution in [0.15, 0.2) is 48.5 Å². The lowest BCUT2D eigenvalue weighted by molar-refractivity contribution is -0.121. The zero-order valence-corrected chi connectivity index (χ0v) is 15.2. The summed E-state index contributed by atoms with van der Waals surface area (Å²) >= 11 is 0. The van der Waals surface area contributed by atoms with Gasteiger partial charge in [0.1, 0.15) is 5.75 Å². The normalized spacial score (nSPS) is 14.1. The molecule has 1 fully saturated rings. The van der Waals surface area contributed by atoms with Crippen molar-refractivity contribution < 1.29 is 14.3 Å². The number of nitrogens with one attached hydrogen (secondary N) is 1. The molecule has 1 N–H and O–H groups in total. The molecule has 5 heteroatoms. The molecule has 1 heterocycles. The number of ether oxygens (including phenoxy) is 2. The van der Waals surface area contributed by atoms with Gasteiger partial charge in [0.05, 0.1) is 20.3 Å². The second kappa shape index (κ2) is 9.25. The summed E-state index contributed by atoms with van der Waals surface area (Å²) in [6.07, 6.45) is 1.18. The van der Waals surface area contributed by atoms with Gasteiger partial charge in [0.2, 0.25) is 5.91 Å². The van der Waals surface area contributed by atoms with Crippen LogP contribution in [0.2, 0.25) is 0 Å². The molecule has 0 aliphatic carbocycles. The van der Waals surface area contributed by atoms with E-state index >= 15 is 0 Å². The number of morpholine rings is 1. The molecule has 26 heavy (non-hydrogen) atoms. The minimum atomic E-state index is 0.0603. The van der Waals surface area contributed by atoms with Gasteiger partial charge in [-0.25, -0.2) is 0 Å². The van der Waals surface area contributed by atoms with Gasteiger partial charge in [-0.2, -0.15) is 0 Å². The van der Waals surface area contributed by atoms with Crippen LogP contribution in [0.1, 0.15) is 17.5 Å². The van der Waals surface area contributed by atoms with E-state index in [2.05, 4.69) is 34.5 Å². The molecule has 0 spiro atoms. The van der Waals surface area contributed by atoms with Gasteiger partial charge >= 0.3 is 0 Å². The number of carbonyl (C=O) groups is 1. The predicted molar refractivity (Wildman–Crippen MR) is 103 cm³/mol. The highest BCUT2D eigenvalue weighted by Gasteiger charge is 2.11. The first-order valence-corrected chi connectivity index (χ1v) is 9.06. The third-order valence-corrected chi connectivity index (χ3v) is 4.58. The first kappa shape index (κ1) is 18.3. The molecule has 138 valence electrons. The third-order valence-electron chi connectivity index (χ3n) is 4.58. The number of aryl methyl sites for hydroxylation is 1. The molecule has 0 aromatic heterocycles. The highest BCUT2D eigenvalue weighted by atomic mass is 16.5. The molecule has 2 aromatic carbocycles. The largest absolute Gasteiger partial charge is 0.497 e. The average molecular weight is 354 g/mol. The average Bonchev–Trinajstić information content (AvgIpc) is 2.72. The molecule has 1 aliphatic rings. The lowest BCUT2D eigenvalue weighted by Gasteiger charge is -2.28. The molecular formula is C21H26N2O3. The second-order valence-electron chi connectivity index (χ2n) is 6.39. The van der Waals surface area contributed by atoms with Crippen molar-refractivity contribution in [3.05, 3.63) is 59.7 Å². The van der Waals surface area contributed by atoms with Crippen molar-refractivity contribution in [3.63, 3.8) is 0 Å². The van der Waals surface area contributed by atoms with Crippen molar-refractivity contribution in [2.45, 2.75) is 19.4 Å². The zero-order chi connectivity index (χ0) is 18.2. The van der Waals surface area contributed by atoms with Gasteiger partial charge in [0.25, 0.3) is 0 Å². The Balaban J connectivity index is 1.43. The Morgan fingerprint density at radius 3 is 2.62 bits per heavy atom. The second-order valence-corrected chi connectivity index (χ2v) is 6.39. The maximum atomic E-state index is 12.1. The van der Waals surface area contributed by atoms with E-state index in [-0.39, 0.29) is 5.91 Å². The topological polar surface area (TPSA) is 50.8 Å². The van der Waals surface area contributed by atoms with Gasteiger partial charge in [0.15, 0.2) is 0 Å². The van der Waals surface area contributed by atoms with E-state index in [1.54, 1.807) is 7.11 Å². The third kappa shape index (κ3) is 5.23. The summed E-state index contributed by atoms with van der Waals surface area (Å²) in [6.45, 7) is 3.98. The molecule has 1 saturated heterocycles. The number of hydrogen-bond donors (Lipinski definition) is 1. The van der Waals surface area contributed by atoms with Crippen LogP contribution in [0, 0.1) is 0 Å². The van der Waals surface area contributed by atoms with E-state index in [1.165, 1.54) is 5.69 Å². The fraction of sp³-hybridized carbons (Fsp3) is 0.381. The number of carbonyl (C=O) groups excluding carboxylic acids is 1. The van der Waals surface area contributed by atoms with Crippen molar-refractivity contribution in [3.8, 4) is 5.75 Å². The predicted octanol–water partition coefficient (Wildman–Crippen LogP) is 2.78. The van der Waals surface area contributed by atoms with Crippen molar-refractivity contribution in [1.82, 2.24) is 5.32 Å². The molecule has 2 aromatic rings. The van der Waals surface area contributed by atoms with Crippen LogP contribution in [0.5, 0.6) is 5.75 Å². The fourth-order valence-electron chi connectivity index (χ4n) is 3.02. The number of methoxy groups -OCH3 is 1. The minimum Gasteiger partial charge on any atom is -0.497 e. The Kier molecular flexibility index (Phi) is 6.50. The molecule has 0 radical (unpaired) electrons. The molecule has 0 unspecified atom stereocenters. The van der Waals surface area contributed by atoms with Gasteiger partial charge in [-0.3, -0.25) is 4.79 Å². The van der Waals surface area contributed by atoms with Gasteiger partial charge in [-0.1, -0.05) is 24.3 Å². The van der Waals surface area contributed by atoms with Crippen LogP contribution in [0.3, 0.4) is 0 Å². The van der Waals surface area contributed by atoms with Crippen molar-refractivity contribution in [2.24, 2.45) is 0 Å². The van der Waals surface area contributed by atoms with Gasteiger partial charge in [0, 0.05) is 31.7 Å². The molecule has 1 aliphatic heterocycles. The quantitative estimate of drug-likeness (QED) is 0.831. The SMILES string of the molecule is COc1cccc(CCC(=O)NCc2ccc(N3CCOCC3)cc2)c1. The molecule has 5 nitrogen and oxygen atoms in total. The molecule has 0 bridgehead atoms. The Hall–Kier alpha value is -2.53. The highest BCUT2D eigenvalue weighted by molar-refractivity contribution is 5.76. The molecule has 3 rings (SSSR count). The van der Waals surface area contributed by atoms with Gasteiger partial charge in [-0.05, 0) is 41.8 Å². The Bertz CT molecular complexity index is 709. The van der Waals surface area contributed by atoms with E-state index in [4.69, 9.17) is 9.47 Å². The Morgan fingerprint density at radius 1 is 1.12 bits per heavy atom. The van der Waals surface area contributed by atoms with Crippen LogP contribution >= 0.6 is 0 Å². The fourth-order valence-corrected chi connectivity index (χ4v) is 3.02. The molecule has 0 atom stereocenters. The van der Waals surface area contributed by atoms with E-state index < -0.39 is 0 Å². The Morgan fingerprint density at radius 2 is 1.88 bits per heavy atom. The van der Waals surface area contributed by atoms with Crippen molar-refractivity contribution >= 4 is 11.6 Å². The summed E-state index contributed by atoms with van der Waals surface area (Å²) in [4.78, 5) is 14.4.